The monoisotopic (exact) mass is 1720 g/mol. The molecule has 6 amide bonds. The molecule has 4 aliphatic carbocycles. The molecule has 115 heavy (non-hydrogen) atoms. The van der Waals surface area contributed by atoms with Gasteiger partial charge in [-0.3, -0.25) is 43.4 Å². The second-order valence-electron chi connectivity index (χ2n) is 30.1. The van der Waals surface area contributed by atoms with Crippen LogP contribution in [0.2, 0.25) is 0 Å². The van der Waals surface area contributed by atoms with E-state index in [2.05, 4.69) is 52.3 Å². The number of nitrogens with one attached hydrogen (secondary N) is 3. The van der Waals surface area contributed by atoms with Crippen molar-refractivity contribution in [3.63, 3.8) is 0 Å². The predicted molar refractivity (Wildman–Crippen MR) is 415 cm³/mol. The molecular weight excluding hydrogens is 1600 g/mol. The molecular formula is C76H119Cl4FN9O25+. The SMILES string of the molecule is C=CC1C[C@]1(N)C(=O)OCC.C=C[C@@H]1C[C@]1(NC(=O)[C@@H]1C[C@@H](O)CN1C(=O)OC(C)(C)C)C(=O)OCC.C=C[C@@H]1C[C@]1(NC(=O)[C@@H]1C[C@@H](O)CN1C(C)=O)C(=O)OCC.C=C[C@@H]1C[C@]1(NC(=O)[C@@H]1C[C@@H](O)C[NH2+]1)C(=O)OCC.CC(=O)OC(C)=O.CC(C)(C)OC(=O)N1C[C@H](O)C[C@H]1C(=O)O.Cl.Cl.Cl.Fc1cccc2c1C[NH2+]C2.[Cl-]. The number of quaternary nitrogens is 2. The van der Waals surface area contributed by atoms with Gasteiger partial charge in [0.15, 0.2) is 6.04 Å². The number of carbonyl (C=O) groups excluding carboxylic acids is 12. The summed E-state index contributed by atoms with van der Waals surface area (Å²) >= 11 is 0. The molecule has 0 radical (unpaired) electrons. The highest BCUT2D eigenvalue weighted by Crippen LogP contribution is 2.48. The summed E-state index contributed by atoms with van der Waals surface area (Å²) in [5.74, 6) is -5.78. The molecule has 16 atom stereocenters. The lowest BCUT2D eigenvalue weighted by molar-refractivity contribution is -0.676. The molecule has 10 rings (SSSR count). The molecule has 0 bridgehead atoms. The van der Waals surface area contributed by atoms with Crippen molar-refractivity contribution >= 4 is 115 Å². The largest absolute Gasteiger partial charge is 1.00 e. The molecule has 1 aromatic carbocycles. The zero-order valence-corrected chi connectivity index (χ0v) is 70.7. The van der Waals surface area contributed by atoms with Crippen molar-refractivity contribution in [2.45, 2.75) is 236 Å². The van der Waals surface area contributed by atoms with Gasteiger partial charge < -0.3 is 108 Å². The molecule has 0 aromatic heterocycles. The van der Waals surface area contributed by atoms with Crippen molar-refractivity contribution in [1.82, 2.24) is 30.7 Å². The first-order chi connectivity index (χ1) is 51.8. The average Bonchev–Trinajstić information content (AvgIpc) is 1.62. The van der Waals surface area contributed by atoms with Crippen LogP contribution in [0.25, 0.3) is 0 Å². The first-order valence-corrected chi connectivity index (χ1v) is 37.0. The van der Waals surface area contributed by atoms with E-state index in [0.717, 1.165) is 29.1 Å². The predicted octanol–water partition coefficient (Wildman–Crippen LogP) is -1.46. The summed E-state index contributed by atoms with van der Waals surface area (Å²) in [6, 6.07) is 2.30. The number of fused-ring (bicyclic) bond motifs is 1. The molecule has 652 valence electrons. The molecule has 1 unspecified atom stereocenters. The Labute approximate surface area is 694 Å². The fourth-order valence-corrected chi connectivity index (χ4v) is 13.0. The van der Waals surface area contributed by atoms with Gasteiger partial charge in [0.1, 0.15) is 83.0 Å². The van der Waals surface area contributed by atoms with Crippen LogP contribution in [-0.2, 0) is 99.0 Å². The maximum absolute atomic E-state index is 12.9. The van der Waals surface area contributed by atoms with Gasteiger partial charge in [0.25, 0.3) is 5.91 Å². The first-order valence-electron chi connectivity index (χ1n) is 37.0. The minimum absolute atomic E-state index is 0. The fourth-order valence-electron chi connectivity index (χ4n) is 13.0. The number of nitrogens with zero attached hydrogens (tertiary/aromatic N) is 3. The summed E-state index contributed by atoms with van der Waals surface area (Å²) in [4.78, 5) is 154. The molecule has 34 nitrogen and oxygen atoms in total. The Morgan fingerprint density at radius 2 is 0.904 bits per heavy atom. The lowest BCUT2D eigenvalue weighted by Crippen LogP contribution is -3.00. The normalized spacial score (nSPS) is 28.0. The Morgan fingerprint density at radius 1 is 0.539 bits per heavy atom. The molecule has 5 heterocycles. The number of aliphatic carboxylic acids is 1. The Bertz CT molecular complexity index is 3580. The van der Waals surface area contributed by atoms with Gasteiger partial charge in [-0.05, 0) is 101 Å². The summed E-state index contributed by atoms with van der Waals surface area (Å²) in [5, 5.41) is 59.4. The van der Waals surface area contributed by atoms with Crippen LogP contribution < -0.4 is 44.7 Å². The van der Waals surface area contributed by atoms with E-state index in [1.54, 1.807) is 105 Å². The Balaban J connectivity index is 0.00000135. The number of halogens is 5. The van der Waals surface area contributed by atoms with Crippen LogP contribution in [0, 0.1) is 29.5 Å². The second-order valence-corrected chi connectivity index (χ2v) is 30.1. The van der Waals surface area contributed by atoms with Crippen molar-refractivity contribution in [1.29, 1.82) is 0 Å². The van der Waals surface area contributed by atoms with Crippen LogP contribution >= 0.6 is 37.2 Å². The number of aliphatic hydroxyl groups excluding tert-OH is 4. The minimum atomic E-state index is -1.14. The van der Waals surface area contributed by atoms with E-state index in [1.807, 2.05) is 6.07 Å². The van der Waals surface area contributed by atoms with E-state index < -0.39 is 136 Å². The maximum atomic E-state index is 12.9. The van der Waals surface area contributed by atoms with E-state index in [-0.39, 0.29) is 162 Å². The average molecular weight is 1720 g/mol. The number of amides is 6. The molecule has 4 saturated carbocycles. The number of carboxylic acid groups (broad SMARTS) is 1. The van der Waals surface area contributed by atoms with Crippen molar-refractivity contribution in [2.24, 2.45) is 29.4 Å². The summed E-state index contributed by atoms with van der Waals surface area (Å²) < 4.78 is 47.1. The number of likely N-dealkylation sites (tertiary alicyclic amines) is 3. The van der Waals surface area contributed by atoms with Crippen molar-refractivity contribution in [3.05, 3.63) is 85.8 Å². The first kappa shape index (κ1) is 107. The third-order valence-corrected chi connectivity index (χ3v) is 19.0. The number of aliphatic hydroxyl groups is 4. The number of carboxylic acids is 1. The van der Waals surface area contributed by atoms with Crippen molar-refractivity contribution < 1.29 is 148 Å². The number of rotatable bonds is 19. The summed E-state index contributed by atoms with van der Waals surface area (Å²) in [6.45, 7) is 39.0. The highest BCUT2D eigenvalue weighted by molar-refractivity contribution is 5.97. The highest BCUT2D eigenvalue weighted by atomic mass is 35.5. The number of hydrogen-bond acceptors (Lipinski definition) is 25. The zero-order valence-electron chi connectivity index (χ0n) is 67.5. The zero-order chi connectivity index (χ0) is 84.1. The second kappa shape index (κ2) is 46.7. The molecule has 39 heteroatoms. The number of esters is 6. The van der Waals surface area contributed by atoms with Crippen LogP contribution in [0.1, 0.15) is 153 Å². The summed E-state index contributed by atoms with van der Waals surface area (Å²) in [7, 11) is 0. The van der Waals surface area contributed by atoms with Gasteiger partial charge in [0.05, 0.1) is 63.4 Å². The van der Waals surface area contributed by atoms with Crippen LogP contribution in [0.15, 0.2) is 68.8 Å². The third-order valence-electron chi connectivity index (χ3n) is 19.0. The number of benzene rings is 1. The Kier molecular flexibility index (Phi) is 43.4. The summed E-state index contributed by atoms with van der Waals surface area (Å²) in [5.41, 5.74) is 2.43. The van der Waals surface area contributed by atoms with Gasteiger partial charge in [-0.1, -0.05) is 36.4 Å². The van der Waals surface area contributed by atoms with E-state index in [4.69, 9.17) is 39.3 Å². The minimum Gasteiger partial charge on any atom is -1.00 e. The van der Waals surface area contributed by atoms with Crippen LogP contribution in [-0.4, -0.2) is 252 Å². The van der Waals surface area contributed by atoms with Crippen LogP contribution in [0.5, 0.6) is 0 Å². The smallest absolute Gasteiger partial charge is 0.411 e. The number of β-amino-alcohol motifs (C(OH)–C–C–N with tert-alkyl or cyclic N) is 3. The van der Waals surface area contributed by atoms with Crippen LogP contribution in [0.3, 0.4) is 0 Å². The topological polar surface area (TPSA) is 493 Å². The third kappa shape index (κ3) is 30.4. The van der Waals surface area contributed by atoms with E-state index in [0.29, 0.717) is 45.3 Å². The number of hydrogen-bond donors (Lipinski definition) is 11. The molecule has 9 aliphatic rings. The van der Waals surface area contributed by atoms with Gasteiger partial charge >= 0.3 is 54.0 Å². The molecule has 5 aliphatic heterocycles. The number of ether oxygens (including phenoxy) is 7. The lowest BCUT2D eigenvalue weighted by atomic mass is 10.1. The standard InChI is InChI=1S/C18H28N2O6.C15H22N2O5.C13H20N2O4.C10H17NO5.C8H8FN.C8H13NO2.C4H6O3.4ClH/c1-6-11-9-18(11,15(23)25-7-2)19-14(22)13-8-12(21)10-20(13)16(24)26-17(3,4)5;1-4-10-7-15(10,14(21)22-5-2)16-13(20)12-6-11(19)8-17(12)9(3)18;1-3-8-6-13(8,12(18)19-4-2)15-11(17)10-5-9(16)7-14-10;1-10(2,3)16-9(15)11-5-6(12)4-7(11)8(13)14;9-8-3-1-2-6-4-10-5-7(6)8;1-3-6-5-8(6,9)7(10)11-4-2;1-3(5)7-4(2)6;;;;/h6,11-13,21H,1,7-10H2,2-5H3,(H,19,22);4,10-12,19H,1,5-8H2,2-3H3,(H,16,20);3,8-10,14,16H,1,4-7H2,2H3,(H,15,17);6-7,12H,4-5H2,1-3H3,(H,13,14);1-3,10H,4-5H2;3,6H,1,4-5,9H2,2H3;1-2H3;4*1H/p+1/t11-,12-,13+,18-;10-,11-,12+,15-;8-,9-,10+,13-;6-,7+;;6?,8-;;;;;/m1111.1...../s1. The summed E-state index contributed by atoms with van der Waals surface area (Å²) in [6.07, 6.45) is 5.20. The van der Waals surface area contributed by atoms with Gasteiger partial charge in [-0.2, -0.15) is 0 Å². The number of carbonyl (C=O) groups is 13. The van der Waals surface area contributed by atoms with Crippen molar-refractivity contribution in [2.75, 3.05) is 52.6 Å². The number of nitrogens with two attached hydrogens (primary N) is 3. The van der Waals surface area contributed by atoms with Gasteiger partial charge in [0.2, 0.25) is 17.7 Å². The lowest BCUT2D eigenvalue weighted by Gasteiger charge is -2.29. The molecule has 4 saturated heterocycles. The van der Waals surface area contributed by atoms with Gasteiger partial charge in [0, 0.05) is 82.2 Å². The molecule has 8 fully saturated rings. The quantitative estimate of drug-likeness (QED) is 0.0326. The molecule has 0 spiro atoms. The van der Waals surface area contributed by atoms with Gasteiger partial charge in [-0.25, -0.2) is 33.2 Å². The van der Waals surface area contributed by atoms with E-state index >= 15 is 0 Å². The van der Waals surface area contributed by atoms with Gasteiger partial charge in [-0.15, -0.1) is 63.5 Å². The van der Waals surface area contributed by atoms with Crippen molar-refractivity contribution in [3.8, 4) is 0 Å². The maximum Gasteiger partial charge on any atom is 0.411 e. The fraction of sp³-hybridized carbons (Fsp3) is 0.645. The Morgan fingerprint density at radius 3 is 1.22 bits per heavy atom. The van der Waals surface area contributed by atoms with Crippen LogP contribution in [0.4, 0.5) is 14.0 Å². The Hall–Kier alpha value is -8.10. The van der Waals surface area contributed by atoms with E-state index in [1.165, 1.54) is 36.6 Å². The molecule has 14 N–H and O–H groups in total. The highest BCUT2D eigenvalue weighted by Gasteiger charge is 2.64. The molecule has 1 aromatic rings. The van der Waals surface area contributed by atoms with E-state index in [9.17, 15) is 87.1 Å².